The van der Waals surface area contributed by atoms with E-state index in [-0.39, 0.29) is 0 Å². The normalized spacial score (nSPS) is 10.5. The zero-order valence-corrected chi connectivity index (χ0v) is 11.6. The molecule has 2 aromatic rings. The van der Waals surface area contributed by atoms with E-state index < -0.39 is 4.92 Å². The lowest BCUT2D eigenvalue weighted by Gasteiger charge is -2.09. The van der Waals surface area contributed by atoms with Crippen molar-refractivity contribution in [3.8, 4) is 11.5 Å². The van der Waals surface area contributed by atoms with Gasteiger partial charge in [-0.3, -0.25) is 10.1 Å². The second kappa shape index (κ2) is 7.09. The second-order valence-electron chi connectivity index (χ2n) is 4.28. The van der Waals surface area contributed by atoms with Crippen LogP contribution in [0.2, 0.25) is 0 Å². The Morgan fingerprint density at radius 1 is 1.14 bits per heavy atom. The highest BCUT2D eigenvalue weighted by Crippen LogP contribution is 2.21. The smallest absolute Gasteiger partial charge is 0.235 e. The third-order valence-corrected chi connectivity index (χ3v) is 2.85. The minimum absolute atomic E-state index is 0.382. The first kappa shape index (κ1) is 14.6. The van der Waals surface area contributed by atoms with Crippen molar-refractivity contribution in [3.05, 3.63) is 76.0 Å². The van der Waals surface area contributed by atoms with Gasteiger partial charge in [0, 0.05) is 11.6 Å². The van der Waals surface area contributed by atoms with Crippen LogP contribution in [0.25, 0.3) is 6.08 Å². The Bertz CT molecular complexity index is 635. The first-order valence-electron chi connectivity index (χ1n) is 6.35. The molecule has 0 aromatic heterocycles. The summed E-state index contributed by atoms with van der Waals surface area (Å²) in [5, 5.41) is 10.4. The summed E-state index contributed by atoms with van der Waals surface area (Å²) in [5.41, 5.74) is 1.66. The Balaban J connectivity index is 2.07. The lowest BCUT2D eigenvalue weighted by atomic mass is 10.2. The van der Waals surface area contributed by atoms with Gasteiger partial charge >= 0.3 is 0 Å². The van der Waals surface area contributed by atoms with Gasteiger partial charge in [0.05, 0.1) is 12.0 Å². The van der Waals surface area contributed by atoms with E-state index in [2.05, 4.69) is 0 Å². The minimum atomic E-state index is -0.500. The molecule has 0 fully saturated rings. The van der Waals surface area contributed by atoms with E-state index in [1.54, 1.807) is 25.3 Å². The summed E-state index contributed by atoms with van der Waals surface area (Å²) in [5.74, 6) is 1.39. The standard InChI is InChI=1S/C16H15NO4/c1-20-15-8-6-13(7-9-15)12-21-16-5-3-2-4-14(16)10-11-17(18)19/h2-11H,12H2,1H3/b11-10+. The number of hydrogen-bond acceptors (Lipinski definition) is 4. The van der Waals surface area contributed by atoms with E-state index >= 15 is 0 Å². The molecule has 0 heterocycles. The van der Waals surface area contributed by atoms with E-state index in [1.807, 2.05) is 30.3 Å². The lowest BCUT2D eigenvalue weighted by Crippen LogP contribution is -1.97. The number of hydrogen-bond donors (Lipinski definition) is 0. The highest BCUT2D eigenvalue weighted by molar-refractivity contribution is 5.56. The maximum absolute atomic E-state index is 10.4. The summed E-state index contributed by atoms with van der Waals surface area (Å²) in [6.07, 6.45) is 2.32. The Kier molecular flexibility index (Phi) is 4.93. The fourth-order valence-corrected chi connectivity index (χ4v) is 1.77. The quantitative estimate of drug-likeness (QED) is 0.601. The van der Waals surface area contributed by atoms with Crippen LogP contribution in [-0.4, -0.2) is 12.0 Å². The van der Waals surface area contributed by atoms with E-state index in [4.69, 9.17) is 9.47 Å². The van der Waals surface area contributed by atoms with E-state index in [9.17, 15) is 10.1 Å². The molecule has 0 aliphatic rings. The number of methoxy groups -OCH3 is 1. The van der Waals surface area contributed by atoms with E-state index in [0.717, 1.165) is 17.5 Å². The Morgan fingerprint density at radius 3 is 2.52 bits per heavy atom. The molecule has 0 saturated heterocycles. The van der Waals surface area contributed by atoms with Crippen LogP contribution < -0.4 is 9.47 Å². The van der Waals surface area contributed by atoms with Crippen LogP contribution in [-0.2, 0) is 6.61 Å². The molecule has 0 bridgehead atoms. The molecule has 21 heavy (non-hydrogen) atoms. The van der Waals surface area contributed by atoms with Crippen molar-refractivity contribution < 1.29 is 14.4 Å². The lowest BCUT2D eigenvalue weighted by molar-refractivity contribution is -0.400. The van der Waals surface area contributed by atoms with Gasteiger partial charge < -0.3 is 9.47 Å². The third-order valence-electron chi connectivity index (χ3n) is 2.85. The fourth-order valence-electron chi connectivity index (χ4n) is 1.77. The predicted octanol–water partition coefficient (Wildman–Crippen LogP) is 3.52. The van der Waals surface area contributed by atoms with Crippen LogP contribution in [0.3, 0.4) is 0 Å². The maximum Gasteiger partial charge on any atom is 0.235 e. The van der Waals surface area contributed by atoms with Gasteiger partial charge in [-0.25, -0.2) is 0 Å². The largest absolute Gasteiger partial charge is 0.497 e. The Labute approximate surface area is 122 Å². The zero-order chi connectivity index (χ0) is 15.1. The van der Waals surface area contributed by atoms with Crippen molar-refractivity contribution in [1.29, 1.82) is 0 Å². The maximum atomic E-state index is 10.4. The zero-order valence-electron chi connectivity index (χ0n) is 11.6. The van der Waals surface area contributed by atoms with Gasteiger partial charge in [0.2, 0.25) is 6.20 Å². The predicted molar refractivity (Wildman–Crippen MR) is 79.8 cm³/mol. The number of rotatable bonds is 6. The van der Waals surface area contributed by atoms with Gasteiger partial charge in [0.15, 0.2) is 0 Å². The van der Waals surface area contributed by atoms with Crippen molar-refractivity contribution in [3.63, 3.8) is 0 Å². The molecule has 0 N–H and O–H groups in total. The van der Waals surface area contributed by atoms with Gasteiger partial charge in [0.25, 0.3) is 0 Å². The third kappa shape index (κ3) is 4.35. The highest BCUT2D eigenvalue weighted by atomic mass is 16.6. The first-order chi connectivity index (χ1) is 10.2. The number of ether oxygens (including phenoxy) is 2. The van der Waals surface area contributed by atoms with E-state index in [1.165, 1.54) is 6.08 Å². The van der Waals surface area contributed by atoms with Crippen molar-refractivity contribution in [2.24, 2.45) is 0 Å². The summed E-state index contributed by atoms with van der Waals surface area (Å²) in [6.45, 7) is 0.382. The molecular formula is C16H15NO4. The molecule has 5 nitrogen and oxygen atoms in total. The number of benzene rings is 2. The van der Waals surface area contributed by atoms with Crippen LogP contribution in [0.5, 0.6) is 11.5 Å². The second-order valence-corrected chi connectivity index (χ2v) is 4.28. The Hall–Kier alpha value is -2.82. The molecule has 0 radical (unpaired) electrons. The monoisotopic (exact) mass is 285 g/mol. The summed E-state index contributed by atoms with van der Waals surface area (Å²) in [4.78, 5) is 9.89. The molecule has 2 aromatic carbocycles. The van der Waals surface area contributed by atoms with E-state index in [0.29, 0.717) is 17.9 Å². The van der Waals surface area contributed by atoms with Gasteiger partial charge in [-0.15, -0.1) is 0 Å². The first-order valence-corrected chi connectivity index (χ1v) is 6.35. The molecular weight excluding hydrogens is 270 g/mol. The summed E-state index contributed by atoms with van der Waals surface area (Å²) >= 11 is 0. The van der Waals surface area contributed by atoms with Crippen molar-refractivity contribution in [2.75, 3.05) is 7.11 Å². The molecule has 0 saturated carbocycles. The van der Waals surface area contributed by atoms with Gasteiger partial charge in [-0.1, -0.05) is 30.3 Å². The molecule has 2 rings (SSSR count). The molecule has 0 aliphatic heterocycles. The average molecular weight is 285 g/mol. The van der Waals surface area contributed by atoms with Gasteiger partial charge in [-0.2, -0.15) is 0 Å². The van der Waals surface area contributed by atoms with Crippen LogP contribution in [0.4, 0.5) is 0 Å². The van der Waals surface area contributed by atoms with Crippen molar-refractivity contribution in [1.82, 2.24) is 0 Å². The van der Waals surface area contributed by atoms with Crippen molar-refractivity contribution >= 4 is 6.08 Å². The topological polar surface area (TPSA) is 61.6 Å². The molecule has 0 unspecified atom stereocenters. The molecule has 5 heteroatoms. The molecule has 108 valence electrons. The summed E-state index contributed by atoms with van der Waals surface area (Å²) in [7, 11) is 1.61. The summed E-state index contributed by atoms with van der Waals surface area (Å²) < 4.78 is 10.8. The van der Waals surface area contributed by atoms with Crippen LogP contribution in [0.1, 0.15) is 11.1 Å². The van der Waals surface area contributed by atoms with Crippen LogP contribution in [0.15, 0.2) is 54.7 Å². The molecule has 0 atom stereocenters. The van der Waals surface area contributed by atoms with Crippen LogP contribution in [0, 0.1) is 10.1 Å². The number of nitrogens with zero attached hydrogens (tertiary/aromatic N) is 1. The average Bonchev–Trinajstić information content (AvgIpc) is 2.52. The molecule has 0 amide bonds. The number of nitro groups is 1. The SMILES string of the molecule is COc1ccc(COc2ccccc2/C=C/[N+](=O)[O-])cc1. The highest BCUT2D eigenvalue weighted by Gasteiger charge is 2.02. The van der Waals surface area contributed by atoms with Crippen molar-refractivity contribution in [2.45, 2.75) is 6.61 Å². The van der Waals surface area contributed by atoms with Gasteiger partial charge in [-0.05, 0) is 23.8 Å². The Morgan fingerprint density at radius 2 is 1.86 bits per heavy atom. The number of para-hydroxylation sites is 1. The minimum Gasteiger partial charge on any atom is -0.497 e. The molecule has 0 spiro atoms. The summed E-state index contributed by atoms with van der Waals surface area (Å²) in [6, 6.07) is 14.7. The van der Waals surface area contributed by atoms with Gasteiger partial charge in [0.1, 0.15) is 18.1 Å². The fraction of sp³-hybridized carbons (Fsp3) is 0.125. The molecule has 0 aliphatic carbocycles. The van der Waals surface area contributed by atoms with Crippen LogP contribution >= 0.6 is 0 Å².